The number of benzene rings is 1. The maximum atomic E-state index is 12.0. The summed E-state index contributed by atoms with van der Waals surface area (Å²) in [5, 5.41) is 2.98. The van der Waals surface area contributed by atoms with Crippen LogP contribution in [0.3, 0.4) is 0 Å². The van der Waals surface area contributed by atoms with Gasteiger partial charge in [-0.1, -0.05) is 28.1 Å². The van der Waals surface area contributed by atoms with Gasteiger partial charge in [-0.25, -0.2) is 4.98 Å². The van der Waals surface area contributed by atoms with Gasteiger partial charge in [-0.3, -0.25) is 4.79 Å². The Labute approximate surface area is 118 Å². The predicted molar refractivity (Wildman–Crippen MR) is 76.9 cm³/mol. The van der Waals surface area contributed by atoms with Crippen LogP contribution in [0, 0.1) is 6.92 Å². The van der Waals surface area contributed by atoms with Crippen molar-refractivity contribution in [3.63, 3.8) is 0 Å². The van der Waals surface area contributed by atoms with E-state index < -0.39 is 0 Å². The molecule has 2 aromatic rings. The quantitative estimate of drug-likeness (QED) is 0.935. The first kappa shape index (κ1) is 13.2. The monoisotopic (exact) mass is 324 g/mol. The van der Waals surface area contributed by atoms with E-state index in [1.807, 2.05) is 38.1 Å². The molecule has 0 bridgehead atoms. The molecule has 1 N–H and O–H groups in total. The van der Waals surface area contributed by atoms with Gasteiger partial charge in [0.05, 0.1) is 17.2 Å². The minimum Gasteiger partial charge on any atom is -0.345 e. The molecule has 1 heterocycles. The Kier molecular flexibility index (Phi) is 4.14. The zero-order valence-corrected chi connectivity index (χ0v) is 12.5. The zero-order valence-electron chi connectivity index (χ0n) is 10.1. The lowest BCUT2D eigenvalue weighted by Crippen LogP contribution is -2.26. The molecule has 0 radical (unpaired) electrons. The van der Waals surface area contributed by atoms with Crippen molar-refractivity contribution in [2.75, 3.05) is 0 Å². The third kappa shape index (κ3) is 2.97. The van der Waals surface area contributed by atoms with E-state index in [4.69, 9.17) is 0 Å². The number of rotatable bonds is 3. The molecule has 2 rings (SSSR count). The van der Waals surface area contributed by atoms with Crippen LogP contribution in [0.1, 0.15) is 33.9 Å². The minimum absolute atomic E-state index is 0.0212. The zero-order chi connectivity index (χ0) is 13.1. The van der Waals surface area contributed by atoms with Gasteiger partial charge >= 0.3 is 0 Å². The second-order valence-electron chi connectivity index (χ2n) is 4.01. The number of hydrogen-bond donors (Lipinski definition) is 1. The molecule has 0 saturated carbocycles. The normalized spacial score (nSPS) is 12.2. The Morgan fingerprint density at radius 2 is 2.06 bits per heavy atom. The average molecular weight is 325 g/mol. The molecule has 1 aromatic heterocycles. The molecule has 0 aliphatic rings. The van der Waals surface area contributed by atoms with Gasteiger partial charge in [0.25, 0.3) is 5.91 Å². The molecule has 0 aliphatic carbocycles. The number of thiazole rings is 1. The topological polar surface area (TPSA) is 42.0 Å². The highest BCUT2D eigenvalue weighted by Gasteiger charge is 2.15. The van der Waals surface area contributed by atoms with Gasteiger partial charge in [0.15, 0.2) is 0 Å². The molecule has 0 fully saturated rings. The Morgan fingerprint density at radius 1 is 1.39 bits per heavy atom. The fourth-order valence-corrected chi connectivity index (χ4v) is 2.59. The highest BCUT2D eigenvalue weighted by Crippen LogP contribution is 2.18. The van der Waals surface area contributed by atoms with Crippen molar-refractivity contribution < 1.29 is 4.79 Å². The second-order valence-corrected chi connectivity index (χ2v) is 5.78. The molecule has 94 valence electrons. The van der Waals surface area contributed by atoms with Gasteiger partial charge < -0.3 is 5.32 Å². The van der Waals surface area contributed by atoms with Crippen molar-refractivity contribution in [2.24, 2.45) is 0 Å². The van der Waals surface area contributed by atoms with E-state index in [0.29, 0.717) is 4.88 Å². The lowest BCUT2D eigenvalue weighted by molar-refractivity contribution is 0.0943. The van der Waals surface area contributed by atoms with E-state index in [-0.39, 0.29) is 11.9 Å². The Bertz CT molecular complexity index is 550. The van der Waals surface area contributed by atoms with Crippen molar-refractivity contribution in [3.8, 4) is 0 Å². The number of nitrogens with zero attached hydrogens (tertiary/aromatic N) is 1. The molecule has 0 spiro atoms. The maximum absolute atomic E-state index is 12.0. The van der Waals surface area contributed by atoms with Crippen LogP contribution in [0.5, 0.6) is 0 Å². The van der Waals surface area contributed by atoms with Crippen LogP contribution in [0.2, 0.25) is 0 Å². The van der Waals surface area contributed by atoms with Crippen LogP contribution in [0.15, 0.2) is 34.2 Å². The summed E-state index contributed by atoms with van der Waals surface area (Å²) in [5.74, 6) is -0.0644. The smallest absolute Gasteiger partial charge is 0.263 e. The van der Waals surface area contributed by atoms with Crippen LogP contribution < -0.4 is 5.32 Å². The van der Waals surface area contributed by atoms with Gasteiger partial charge in [-0.15, -0.1) is 11.3 Å². The Morgan fingerprint density at radius 3 is 2.61 bits per heavy atom. The first-order valence-corrected chi connectivity index (χ1v) is 7.21. The van der Waals surface area contributed by atoms with E-state index in [1.165, 1.54) is 11.3 Å². The molecule has 5 heteroatoms. The summed E-state index contributed by atoms with van der Waals surface area (Å²) in [6, 6.07) is 7.90. The number of aryl methyl sites for hydroxylation is 1. The summed E-state index contributed by atoms with van der Waals surface area (Å²) in [6.07, 6.45) is 0. The van der Waals surface area contributed by atoms with Crippen molar-refractivity contribution in [1.29, 1.82) is 0 Å². The van der Waals surface area contributed by atoms with E-state index in [0.717, 1.165) is 15.7 Å². The van der Waals surface area contributed by atoms with Crippen LogP contribution in [0.25, 0.3) is 0 Å². The lowest BCUT2D eigenvalue weighted by Gasteiger charge is -2.13. The Balaban J connectivity index is 2.08. The van der Waals surface area contributed by atoms with Crippen molar-refractivity contribution in [2.45, 2.75) is 19.9 Å². The number of carbonyl (C=O) groups is 1. The summed E-state index contributed by atoms with van der Waals surface area (Å²) in [5.41, 5.74) is 3.54. The highest BCUT2D eigenvalue weighted by molar-refractivity contribution is 9.10. The van der Waals surface area contributed by atoms with Gasteiger partial charge in [0.1, 0.15) is 4.88 Å². The maximum Gasteiger partial charge on any atom is 0.263 e. The van der Waals surface area contributed by atoms with E-state index in [9.17, 15) is 4.79 Å². The van der Waals surface area contributed by atoms with Crippen LogP contribution in [-0.2, 0) is 0 Å². The molecular weight excluding hydrogens is 312 g/mol. The standard InChI is InChI=1S/C13H13BrN2OS/c1-8(10-3-5-11(14)6-4-10)16-13(17)12-9(2)15-7-18-12/h3-8H,1-2H3,(H,16,17). The molecule has 1 unspecified atom stereocenters. The van der Waals surface area contributed by atoms with E-state index in [2.05, 4.69) is 26.2 Å². The fourth-order valence-electron chi connectivity index (χ4n) is 1.62. The number of amides is 1. The number of halogens is 1. The molecular formula is C13H13BrN2OS. The second kappa shape index (κ2) is 5.63. The molecule has 0 saturated heterocycles. The Hall–Kier alpha value is -1.20. The number of hydrogen-bond acceptors (Lipinski definition) is 3. The third-order valence-corrected chi connectivity index (χ3v) is 4.13. The van der Waals surface area contributed by atoms with Crippen molar-refractivity contribution >= 4 is 33.2 Å². The van der Waals surface area contributed by atoms with Crippen LogP contribution in [0.4, 0.5) is 0 Å². The first-order chi connectivity index (χ1) is 8.58. The summed E-state index contributed by atoms with van der Waals surface area (Å²) in [7, 11) is 0. The summed E-state index contributed by atoms with van der Waals surface area (Å²) in [4.78, 5) is 16.8. The largest absolute Gasteiger partial charge is 0.345 e. The molecule has 18 heavy (non-hydrogen) atoms. The third-order valence-electron chi connectivity index (χ3n) is 2.67. The fraction of sp³-hybridized carbons (Fsp3) is 0.231. The first-order valence-electron chi connectivity index (χ1n) is 5.54. The molecule has 3 nitrogen and oxygen atoms in total. The van der Waals surface area contributed by atoms with Crippen LogP contribution in [-0.4, -0.2) is 10.9 Å². The van der Waals surface area contributed by atoms with Gasteiger partial charge in [-0.2, -0.15) is 0 Å². The van der Waals surface area contributed by atoms with E-state index >= 15 is 0 Å². The van der Waals surface area contributed by atoms with Crippen molar-refractivity contribution in [1.82, 2.24) is 10.3 Å². The number of aromatic nitrogens is 1. The van der Waals surface area contributed by atoms with Gasteiger partial charge in [0.2, 0.25) is 0 Å². The molecule has 0 aliphatic heterocycles. The molecule has 1 amide bonds. The summed E-state index contributed by atoms with van der Waals surface area (Å²) >= 11 is 4.76. The number of carbonyl (C=O) groups excluding carboxylic acids is 1. The summed E-state index contributed by atoms with van der Waals surface area (Å²) < 4.78 is 1.03. The van der Waals surface area contributed by atoms with Gasteiger partial charge in [-0.05, 0) is 31.5 Å². The minimum atomic E-state index is -0.0644. The highest BCUT2D eigenvalue weighted by atomic mass is 79.9. The summed E-state index contributed by atoms with van der Waals surface area (Å²) in [6.45, 7) is 3.81. The van der Waals surface area contributed by atoms with Crippen LogP contribution >= 0.6 is 27.3 Å². The predicted octanol–water partition coefficient (Wildman–Crippen LogP) is 3.71. The SMILES string of the molecule is Cc1ncsc1C(=O)NC(C)c1ccc(Br)cc1. The molecule has 1 atom stereocenters. The lowest BCUT2D eigenvalue weighted by atomic mass is 10.1. The van der Waals surface area contributed by atoms with Crippen molar-refractivity contribution in [3.05, 3.63) is 50.4 Å². The number of nitrogens with one attached hydrogen (secondary N) is 1. The van der Waals surface area contributed by atoms with E-state index in [1.54, 1.807) is 5.51 Å². The molecule has 1 aromatic carbocycles. The average Bonchev–Trinajstić information content (AvgIpc) is 2.76. The van der Waals surface area contributed by atoms with Gasteiger partial charge in [0, 0.05) is 4.47 Å².